The molecule has 4 nitrogen and oxygen atoms in total. The maximum atomic E-state index is 13.8. The van der Waals surface area contributed by atoms with Gasteiger partial charge in [0.05, 0.1) is 12.7 Å². The number of aromatic nitrogens is 2. The number of carbonyl (C=O) groups excluding carboxylic acids is 1. The standard InChI is InChI=1S/C14H15FN2O2/c1-3-13-16-6-7-17(13)9-10-4-5-11(12(15)8-10)14(18)19-2/h4-8H,3,9H2,1-2H3. The molecule has 1 heterocycles. The Kier molecular flexibility index (Phi) is 3.94. The summed E-state index contributed by atoms with van der Waals surface area (Å²) in [7, 11) is 1.23. The fraction of sp³-hybridized carbons (Fsp3) is 0.286. The molecule has 0 spiro atoms. The zero-order chi connectivity index (χ0) is 13.8. The highest BCUT2D eigenvalue weighted by molar-refractivity contribution is 5.89. The third kappa shape index (κ3) is 2.81. The van der Waals surface area contributed by atoms with Gasteiger partial charge in [-0.15, -0.1) is 0 Å². The number of halogens is 1. The van der Waals surface area contributed by atoms with Crippen molar-refractivity contribution in [2.45, 2.75) is 19.9 Å². The number of hydrogen-bond acceptors (Lipinski definition) is 3. The Balaban J connectivity index is 2.23. The average Bonchev–Trinajstić information content (AvgIpc) is 2.85. The molecule has 2 aromatic rings. The van der Waals surface area contributed by atoms with E-state index in [0.29, 0.717) is 6.54 Å². The topological polar surface area (TPSA) is 44.1 Å². The molecule has 0 radical (unpaired) electrons. The minimum absolute atomic E-state index is 0.0485. The van der Waals surface area contributed by atoms with Crippen LogP contribution in [0.3, 0.4) is 0 Å². The van der Waals surface area contributed by atoms with Gasteiger partial charge in [0, 0.05) is 25.4 Å². The summed E-state index contributed by atoms with van der Waals surface area (Å²) in [6.45, 7) is 2.54. The van der Waals surface area contributed by atoms with Gasteiger partial charge in [-0.2, -0.15) is 0 Å². The lowest BCUT2D eigenvalue weighted by atomic mass is 10.1. The van der Waals surface area contributed by atoms with Crippen LogP contribution in [0.4, 0.5) is 4.39 Å². The van der Waals surface area contributed by atoms with Gasteiger partial charge in [-0.25, -0.2) is 14.2 Å². The summed E-state index contributed by atoms with van der Waals surface area (Å²) < 4.78 is 20.2. The lowest BCUT2D eigenvalue weighted by Crippen LogP contribution is -2.07. The van der Waals surface area contributed by atoms with Crippen molar-refractivity contribution in [2.75, 3.05) is 7.11 Å². The fourth-order valence-corrected chi connectivity index (χ4v) is 1.93. The summed E-state index contributed by atoms with van der Waals surface area (Å²) in [6, 6.07) is 4.51. The molecule has 0 fully saturated rings. The molecule has 0 aliphatic heterocycles. The van der Waals surface area contributed by atoms with E-state index in [2.05, 4.69) is 9.72 Å². The van der Waals surface area contributed by atoms with Crippen LogP contribution in [-0.2, 0) is 17.7 Å². The van der Waals surface area contributed by atoms with E-state index in [0.717, 1.165) is 17.8 Å². The van der Waals surface area contributed by atoms with Gasteiger partial charge >= 0.3 is 5.97 Å². The molecule has 100 valence electrons. The summed E-state index contributed by atoms with van der Waals surface area (Å²) in [6.07, 6.45) is 4.39. The number of rotatable bonds is 4. The van der Waals surface area contributed by atoms with Crippen molar-refractivity contribution in [1.82, 2.24) is 9.55 Å². The number of ether oxygens (including phenoxy) is 1. The predicted octanol–water partition coefficient (Wildman–Crippen LogP) is 2.42. The van der Waals surface area contributed by atoms with Crippen LogP contribution in [-0.4, -0.2) is 22.6 Å². The Morgan fingerprint density at radius 2 is 2.26 bits per heavy atom. The first-order valence-corrected chi connectivity index (χ1v) is 6.02. The van der Waals surface area contributed by atoms with Gasteiger partial charge < -0.3 is 9.30 Å². The van der Waals surface area contributed by atoms with Crippen molar-refractivity contribution in [3.63, 3.8) is 0 Å². The number of hydrogen-bond donors (Lipinski definition) is 0. The monoisotopic (exact) mass is 262 g/mol. The summed E-state index contributed by atoms with van der Waals surface area (Å²) in [4.78, 5) is 15.5. The van der Waals surface area contributed by atoms with Crippen LogP contribution in [0.2, 0.25) is 0 Å². The second kappa shape index (κ2) is 5.65. The molecule has 0 amide bonds. The van der Waals surface area contributed by atoms with Gasteiger partial charge in [0.15, 0.2) is 0 Å². The molecular formula is C14H15FN2O2. The van der Waals surface area contributed by atoms with E-state index in [1.54, 1.807) is 12.3 Å². The molecule has 0 unspecified atom stereocenters. The molecule has 1 aromatic carbocycles. The molecule has 0 saturated heterocycles. The normalized spacial score (nSPS) is 10.5. The van der Waals surface area contributed by atoms with E-state index in [9.17, 15) is 9.18 Å². The average molecular weight is 262 g/mol. The Labute approximate surface area is 110 Å². The molecule has 0 bridgehead atoms. The van der Waals surface area contributed by atoms with Crippen molar-refractivity contribution in [3.05, 3.63) is 53.4 Å². The molecule has 0 atom stereocenters. The SMILES string of the molecule is CCc1nccn1Cc1ccc(C(=O)OC)c(F)c1. The highest BCUT2D eigenvalue weighted by Gasteiger charge is 2.12. The third-order valence-corrected chi connectivity index (χ3v) is 2.91. The van der Waals surface area contributed by atoms with Crippen molar-refractivity contribution in [3.8, 4) is 0 Å². The second-order valence-corrected chi connectivity index (χ2v) is 4.13. The van der Waals surface area contributed by atoms with Crippen molar-refractivity contribution >= 4 is 5.97 Å². The van der Waals surface area contributed by atoms with E-state index < -0.39 is 11.8 Å². The van der Waals surface area contributed by atoms with E-state index in [4.69, 9.17) is 0 Å². The molecular weight excluding hydrogens is 247 g/mol. The van der Waals surface area contributed by atoms with Gasteiger partial charge in [-0.05, 0) is 17.7 Å². The maximum Gasteiger partial charge on any atom is 0.340 e. The van der Waals surface area contributed by atoms with E-state index in [1.165, 1.54) is 19.2 Å². The molecule has 19 heavy (non-hydrogen) atoms. The number of esters is 1. The zero-order valence-electron chi connectivity index (χ0n) is 10.9. The first kappa shape index (κ1) is 13.3. The number of carbonyl (C=O) groups is 1. The quantitative estimate of drug-likeness (QED) is 0.795. The molecule has 0 saturated carbocycles. The van der Waals surface area contributed by atoms with E-state index in [1.807, 2.05) is 17.7 Å². The van der Waals surface area contributed by atoms with Crippen LogP contribution in [0.5, 0.6) is 0 Å². The molecule has 0 aliphatic carbocycles. The Morgan fingerprint density at radius 3 is 2.89 bits per heavy atom. The number of methoxy groups -OCH3 is 1. The van der Waals surface area contributed by atoms with E-state index in [-0.39, 0.29) is 5.56 Å². The Morgan fingerprint density at radius 1 is 1.47 bits per heavy atom. The third-order valence-electron chi connectivity index (χ3n) is 2.91. The van der Waals surface area contributed by atoms with Crippen LogP contribution < -0.4 is 0 Å². The molecule has 1 aromatic heterocycles. The number of nitrogens with zero attached hydrogens (tertiary/aromatic N) is 2. The number of imidazole rings is 1. The summed E-state index contributed by atoms with van der Waals surface area (Å²) >= 11 is 0. The van der Waals surface area contributed by atoms with Gasteiger partial charge in [0.25, 0.3) is 0 Å². The van der Waals surface area contributed by atoms with Gasteiger partial charge in [0.2, 0.25) is 0 Å². The van der Waals surface area contributed by atoms with Crippen molar-refractivity contribution < 1.29 is 13.9 Å². The molecule has 2 rings (SSSR count). The minimum atomic E-state index is -0.666. The zero-order valence-corrected chi connectivity index (χ0v) is 10.9. The van der Waals surface area contributed by atoms with Gasteiger partial charge in [-0.1, -0.05) is 13.0 Å². The molecule has 0 N–H and O–H groups in total. The number of aryl methyl sites for hydroxylation is 1. The van der Waals surface area contributed by atoms with Crippen molar-refractivity contribution in [1.29, 1.82) is 0 Å². The largest absolute Gasteiger partial charge is 0.465 e. The number of benzene rings is 1. The highest BCUT2D eigenvalue weighted by atomic mass is 19.1. The first-order chi connectivity index (χ1) is 9.15. The van der Waals surface area contributed by atoms with Crippen LogP contribution in [0.1, 0.15) is 28.7 Å². The van der Waals surface area contributed by atoms with Crippen molar-refractivity contribution in [2.24, 2.45) is 0 Å². The minimum Gasteiger partial charge on any atom is -0.465 e. The van der Waals surface area contributed by atoms with Crippen LogP contribution in [0.15, 0.2) is 30.6 Å². The highest BCUT2D eigenvalue weighted by Crippen LogP contribution is 2.13. The summed E-state index contributed by atoms with van der Waals surface area (Å²) in [5, 5.41) is 0. The summed E-state index contributed by atoms with van der Waals surface area (Å²) in [5.41, 5.74) is 0.727. The Hall–Kier alpha value is -2.17. The van der Waals surface area contributed by atoms with E-state index >= 15 is 0 Å². The first-order valence-electron chi connectivity index (χ1n) is 6.02. The van der Waals surface area contributed by atoms with Gasteiger partial charge in [-0.3, -0.25) is 0 Å². The predicted molar refractivity (Wildman–Crippen MR) is 68.4 cm³/mol. The molecule has 5 heteroatoms. The summed E-state index contributed by atoms with van der Waals surface area (Å²) in [5.74, 6) is -0.291. The fourth-order valence-electron chi connectivity index (χ4n) is 1.93. The van der Waals surface area contributed by atoms with Crippen LogP contribution in [0.25, 0.3) is 0 Å². The van der Waals surface area contributed by atoms with Crippen LogP contribution in [0, 0.1) is 5.82 Å². The van der Waals surface area contributed by atoms with Crippen LogP contribution >= 0.6 is 0 Å². The second-order valence-electron chi connectivity index (χ2n) is 4.13. The maximum absolute atomic E-state index is 13.8. The Bertz CT molecular complexity index is 593. The molecule has 0 aliphatic rings. The van der Waals surface area contributed by atoms with Gasteiger partial charge in [0.1, 0.15) is 11.6 Å². The smallest absolute Gasteiger partial charge is 0.340 e. The lowest BCUT2D eigenvalue weighted by molar-refractivity contribution is 0.0595. The lowest BCUT2D eigenvalue weighted by Gasteiger charge is -2.08.